The van der Waals surface area contributed by atoms with Crippen LogP contribution in [0.5, 0.6) is 0 Å². The van der Waals surface area contributed by atoms with Gasteiger partial charge in [-0.05, 0) is 93.5 Å². The molecule has 0 spiro atoms. The van der Waals surface area contributed by atoms with Crippen LogP contribution in [0.25, 0.3) is 0 Å². The molecule has 0 saturated heterocycles. The summed E-state index contributed by atoms with van der Waals surface area (Å²) in [6, 6.07) is 19.2. The molecule has 0 fully saturated rings. The van der Waals surface area contributed by atoms with Crippen LogP contribution in [-0.2, 0) is 37.1 Å². The molecule has 1 atom stereocenters. The molecule has 11 heteroatoms. The SMILES string of the molecule is CCOC(=O)c1c(NC(=O)[C@@H](OC(=O)c2ccc(S(=O)(=O)Nc3cccc(C)c3C)cc2)c2ccccc2)sc2c1CCCC2. The molecule has 0 saturated carbocycles. The summed E-state index contributed by atoms with van der Waals surface area (Å²) >= 11 is 1.34. The number of nitrogens with one attached hydrogen (secondary N) is 2. The Bertz CT molecular complexity index is 1830. The molecule has 2 N–H and O–H groups in total. The lowest BCUT2D eigenvalue weighted by atomic mass is 9.95. The van der Waals surface area contributed by atoms with E-state index in [1.165, 1.54) is 35.6 Å². The number of fused-ring (bicyclic) bond motifs is 1. The number of hydrogen-bond donors (Lipinski definition) is 2. The minimum absolute atomic E-state index is 0.0366. The highest BCUT2D eigenvalue weighted by Crippen LogP contribution is 2.39. The summed E-state index contributed by atoms with van der Waals surface area (Å²) in [7, 11) is -3.93. The zero-order valence-electron chi connectivity index (χ0n) is 25.2. The molecule has 1 amide bonds. The van der Waals surface area contributed by atoms with Crippen LogP contribution >= 0.6 is 11.3 Å². The van der Waals surface area contributed by atoms with Crippen molar-refractivity contribution in [2.24, 2.45) is 0 Å². The smallest absolute Gasteiger partial charge is 0.341 e. The van der Waals surface area contributed by atoms with E-state index >= 15 is 0 Å². The van der Waals surface area contributed by atoms with Crippen molar-refractivity contribution in [2.45, 2.75) is 57.5 Å². The Labute approximate surface area is 266 Å². The first-order chi connectivity index (χ1) is 21.6. The first-order valence-corrected chi connectivity index (χ1v) is 17.0. The molecule has 1 heterocycles. The molecule has 234 valence electrons. The van der Waals surface area contributed by atoms with Gasteiger partial charge in [-0.1, -0.05) is 42.5 Å². The lowest BCUT2D eigenvalue weighted by Gasteiger charge is -2.18. The fraction of sp³-hybridized carbons (Fsp3) is 0.265. The van der Waals surface area contributed by atoms with Gasteiger partial charge in [0, 0.05) is 10.4 Å². The Morgan fingerprint density at radius 3 is 2.31 bits per heavy atom. The number of carbonyl (C=O) groups excluding carboxylic acids is 3. The second-order valence-electron chi connectivity index (χ2n) is 10.7. The fourth-order valence-corrected chi connectivity index (χ4v) is 7.57. The van der Waals surface area contributed by atoms with Gasteiger partial charge in [-0.15, -0.1) is 11.3 Å². The first-order valence-electron chi connectivity index (χ1n) is 14.7. The Hall–Kier alpha value is -4.48. The monoisotopic (exact) mass is 646 g/mol. The van der Waals surface area contributed by atoms with Crippen molar-refractivity contribution in [3.63, 3.8) is 0 Å². The van der Waals surface area contributed by atoms with E-state index < -0.39 is 34.0 Å². The lowest BCUT2D eigenvalue weighted by Crippen LogP contribution is -2.26. The quantitative estimate of drug-likeness (QED) is 0.182. The third kappa shape index (κ3) is 7.10. The molecular formula is C34H34N2O7S2. The van der Waals surface area contributed by atoms with Gasteiger partial charge in [0.15, 0.2) is 0 Å². The molecule has 5 rings (SSSR count). The van der Waals surface area contributed by atoms with Gasteiger partial charge in [0.1, 0.15) is 5.00 Å². The van der Waals surface area contributed by atoms with Crippen LogP contribution in [0.3, 0.4) is 0 Å². The summed E-state index contributed by atoms with van der Waals surface area (Å²) in [5.41, 5.74) is 3.97. The molecular weight excluding hydrogens is 613 g/mol. The molecule has 0 radical (unpaired) electrons. The number of aryl methyl sites for hydroxylation is 2. The van der Waals surface area contributed by atoms with Crippen molar-refractivity contribution >= 4 is 49.9 Å². The Balaban J connectivity index is 1.37. The van der Waals surface area contributed by atoms with Gasteiger partial charge in [-0.3, -0.25) is 9.52 Å². The normalized spacial score (nSPS) is 13.3. The molecule has 1 aliphatic carbocycles. The molecule has 3 aromatic carbocycles. The number of esters is 2. The van der Waals surface area contributed by atoms with E-state index in [9.17, 15) is 22.8 Å². The summed E-state index contributed by atoms with van der Waals surface area (Å²) in [6.45, 7) is 5.64. The van der Waals surface area contributed by atoms with E-state index in [2.05, 4.69) is 10.0 Å². The van der Waals surface area contributed by atoms with Crippen LogP contribution in [0.4, 0.5) is 10.7 Å². The van der Waals surface area contributed by atoms with Crippen molar-refractivity contribution < 1.29 is 32.3 Å². The number of benzene rings is 3. The first kappa shape index (κ1) is 31.9. The molecule has 0 aliphatic heterocycles. The van der Waals surface area contributed by atoms with Crippen molar-refractivity contribution in [1.29, 1.82) is 0 Å². The highest BCUT2D eigenvalue weighted by atomic mass is 32.2. The van der Waals surface area contributed by atoms with Crippen LogP contribution in [0.1, 0.15) is 73.7 Å². The second-order valence-corrected chi connectivity index (χ2v) is 13.5. The van der Waals surface area contributed by atoms with Gasteiger partial charge < -0.3 is 14.8 Å². The van der Waals surface area contributed by atoms with Gasteiger partial charge in [-0.25, -0.2) is 18.0 Å². The Morgan fingerprint density at radius 1 is 0.889 bits per heavy atom. The van der Waals surface area contributed by atoms with Gasteiger partial charge in [0.25, 0.3) is 15.9 Å². The molecule has 0 unspecified atom stereocenters. The molecule has 1 aliphatic rings. The minimum Gasteiger partial charge on any atom is -0.462 e. The van der Waals surface area contributed by atoms with E-state index in [1.807, 2.05) is 19.9 Å². The van der Waals surface area contributed by atoms with Crippen LogP contribution < -0.4 is 10.0 Å². The average Bonchev–Trinajstić information content (AvgIpc) is 3.40. The third-order valence-corrected chi connectivity index (χ3v) is 10.3. The van der Waals surface area contributed by atoms with E-state index in [0.717, 1.165) is 47.3 Å². The minimum atomic E-state index is -3.93. The van der Waals surface area contributed by atoms with Crippen molar-refractivity contribution in [3.8, 4) is 0 Å². The molecule has 9 nitrogen and oxygen atoms in total. The largest absolute Gasteiger partial charge is 0.462 e. The van der Waals surface area contributed by atoms with Crippen LogP contribution in [0.2, 0.25) is 0 Å². The zero-order chi connectivity index (χ0) is 32.1. The van der Waals surface area contributed by atoms with Crippen LogP contribution in [0.15, 0.2) is 77.7 Å². The standard InChI is InChI=1S/C34H34N2O7S2/c1-4-42-34(39)29-26-14-8-9-16-28(26)44-32(29)35-31(37)30(23-12-6-5-7-13-23)43-33(38)24-17-19-25(20-18-24)45(40,41)36-27-15-10-11-21(2)22(27)3/h5-7,10-13,15,17-20,30,36H,4,8-9,14,16H2,1-3H3,(H,35,37)/t30-/m0/s1. The molecule has 0 bridgehead atoms. The predicted octanol–water partition coefficient (Wildman–Crippen LogP) is 6.76. The van der Waals surface area contributed by atoms with Gasteiger partial charge in [0.2, 0.25) is 6.10 Å². The Morgan fingerprint density at radius 2 is 1.60 bits per heavy atom. The number of rotatable bonds is 10. The summed E-state index contributed by atoms with van der Waals surface area (Å²) in [6.07, 6.45) is 2.12. The summed E-state index contributed by atoms with van der Waals surface area (Å²) in [4.78, 5) is 40.9. The van der Waals surface area contributed by atoms with Gasteiger partial charge in [0.05, 0.1) is 28.3 Å². The fourth-order valence-electron chi connectivity index (χ4n) is 5.16. The summed E-state index contributed by atoms with van der Waals surface area (Å²) < 4.78 is 39.7. The van der Waals surface area contributed by atoms with E-state index in [-0.39, 0.29) is 17.1 Å². The topological polar surface area (TPSA) is 128 Å². The number of thiophene rings is 1. The number of ether oxygens (including phenoxy) is 2. The maximum absolute atomic E-state index is 13.7. The molecule has 4 aromatic rings. The van der Waals surface area contributed by atoms with Crippen molar-refractivity contribution in [3.05, 3.63) is 111 Å². The van der Waals surface area contributed by atoms with Crippen molar-refractivity contribution in [2.75, 3.05) is 16.6 Å². The predicted molar refractivity (Wildman–Crippen MR) is 173 cm³/mol. The van der Waals surface area contributed by atoms with E-state index in [4.69, 9.17) is 9.47 Å². The van der Waals surface area contributed by atoms with E-state index in [0.29, 0.717) is 21.8 Å². The van der Waals surface area contributed by atoms with Gasteiger partial charge in [-0.2, -0.15) is 0 Å². The number of hydrogen-bond acceptors (Lipinski definition) is 8. The van der Waals surface area contributed by atoms with Crippen LogP contribution in [-0.4, -0.2) is 32.9 Å². The highest BCUT2D eigenvalue weighted by Gasteiger charge is 2.31. The number of sulfonamides is 1. The van der Waals surface area contributed by atoms with Gasteiger partial charge >= 0.3 is 11.9 Å². The maximum Gasteiger partial charge on any atom is 0.341 e. The average molecular weight is 647 g/mol. The molecule has 1 aromatic heterocycles. The van der Waals surface area contributed by atoms with E-state index in [1.54, 1.807) is 49.4 Å². The number of anilines is 2. The third-order valence-electron chi connectivity index (χ3n) is 7.70. The summed E-state index contributed by atoms with van der Waals surface area (Å²) in [5, 5.41) is 3.21. The number of carbonyl (C=O) groups is 3. The maximum atomic E-state index is 13.7. The van der Waals surface area contributed by atoms with Crippen LogP contribution in [0, 0.1) is 13.8 Å². The Kier molecular flexibility index (Phi) is 9.69. The zero-order valence-corrected chi connectivity index (χ0v) is 26.8. The molecule has 45 heavy (non-hydrogen) atoms. The summed E-state index contributed by atoms with van der Waals surface area (Å²) in [5.74, 6) is -1.94. The number of amides is 1. The van der Waals surface area contributed by atoms with Crippen molar-refractivity contribution in [1.82, 2.24) is 0 Å². The second kappa shape index (κ2) is 13.7. The highest BCUT2D eigenvalue weighted by molar-refractivity contribution is 7.92. The lowest BCUT2D eigenvalue weighted by molar-refractivity contribution is -0.125.